The largest absolute Gasteiger partial charge is 0.508 e. The van der Waals surface area contributed by atoms with Crippen LogP contribution in [0.25, 0.3) is 43.7 Å². The molecule has 2 aromatic heterocycles. The molecule has 1 N–H and O–H groups in total. The molecule has 4 saturated heterocycles. The number of aromatic hydroxyl groups is 1. The maximum atomic E-state index is 17.7. The highest BCUT2D eigenvalue weighted by Crippen LogP contribution is 2.47. The van der Waals surface area contributed by atoms with Crippen molar-refractivity contribution < 1.29 is 23.0 Å². The number of halogens is 3. The molecule has 4 atom stereocenters. The maximum absolute atomic E-state index is 17.7. The van der Waals surface area contributed by atoms with Crippen molar-refractivity contribution in [3.05, 3.63) is 47.7 Å². The van der Waals surface area contributed by atoms with Crippen LogP contribution in [0.2, 0.25) is 0 Å². The van der Waals surface area contributed by atoms with Crippen molar-refractivity contribution in [2.24, 2.45) is 7.05 Å². The van der Waals surface area contributed by atoms with Crippen molar-refractivity contribution in [2.75, 3.05) is 44.2 Å². The second-order valence-corrected chi connectivity index (χ2v) is 14.9. The standard InChI is InChI=1S/C39H40F3N7O2/c1-4-12-47-18-24-8-9-25(19-47)49(24)37-33-29-20-46(3)45-35(29)32(28-15-26(50)14-22-7-10-30(41)27(5-2)31(22)28)34(42)36(33)43-38(44-37)51-21-39-11-6-13-48(39)17-23(40)16-39/h2,7,10,14-15,20,23-25,50H,4,6,8-9,11-13,16-19,21H2,1,3H3/t23-,24?,25?,39+/m1/s1. The number of hydrogen-bond donors (Lipinski definition) is 1. The SMILES string of the molecule is C#Cc1c(F)ccc2cc(O)cc(-c3c(F)c4nc(OC[C@@]56CCCN5C[C@H](F)C6)nc(N5C6CCC5CN(CCC)C6)c4c4cn(C)nc34)c12. The first-order chi connectivity index (χ1) is 24.7. The second kappa shape index (κ2) is 12.0. The van der Waals surface area contributed by atoms with Crippen molar-refractivity contribution in [3.63, 3.8) is 0 Å². The van der Waals surface area contributed by atoms with E-state index in [4.69, 9.17) is 26.2 Å². The number of ether oxygens (including phenoxy) is 1. The topological polar surface area (TPSA) is 82.8 Å². The molecule has 4 aliphatic heterocycles. The molecule has 0 aliphatic carbocycles. The Morgan fingerprint density at radius 2 is 1.88 bits per heavy atom. The summed E-state index contributed by atoms with van der Waals surface area (Å²) in [6.07, 6.45) is 11.9. The summed E-state index contributed by atoms with van der Waals surface area (Å²) < 4.78 is 55.6. The van der Waals surface area contributed by atoms with Crippen molar-refractivity contribution in [3.8, 4) is 35.2 Å². The maximum Gasteiger partial charge on any atom is 0.319 e. The van der Waals surface area contributed by atoms with Gasteiger partial charge in [0.15, 0.2) is 5.82 Å². The molecule has 0 radical (unpaired) electrons. The lowest BCUT2D eigenvalue weighted by Gasteiger charge is -2.42. The Kier molecular flexibility index (Phi) is 7.60. The molecule has 0 spiro atoms. The summed E-state index contributed by atoms with van der Waals surface area (Å²) in [5.41, 5.74) is 0.115. The van der Waals surface area contributed by atoms with E-state index in [2.05, 4.69) is 27.5 Å². The van der Waals surface area contributed by atoms with E-state index >= 15 is 8.78 Å². The van der Waals surface area contributed by atoms with E-state index < -0.39 is 23.3 Å². The molecule has 3 aromatic carbocycles. The van der Waals surface area contributed by atoms with Gasteiger partial charge in [0, 0.05) is 67.7 Å². The Morgan fingerprint density at radius 1 is 1.08 bits per heavy atom. The van der Waals surface area contributed by atoms with Crippen LogP contribution >= 0.6 is 0 Å². The number of hydrogen-bond acceptors (Lipinski definition) is 8. The lowest BCUT2D eigenvalue weighted by Crippen LogP contribution is -2.54. The number of aryl methyl sites for hydroxylation is 1. The smallest absolute Gasteiger partial charge is 0.319 e. The number of anilines is 1. The van der Waals surface area contributed by atoms with Crippen molar-refractivity contribution in [1.29, 1.82) is 0 Å². The molecule has 12 heteroatoms. The Morgan fingerprint density at radius 3 is 2.65 bits per heavy atom. The first kappa shape index (κ1) is 32.3. The Bertz CT molecular complexity index is 2260. The van der Waals surface area contributed by atoms with Crippen LogP contribution in [0.15, 0.2) is 30.5 Å². The van der Waals surface area contributed by atoms with E-state index in [0.29, 0.717) is 45.8 Å². The molecule has 4 fully saturated rings. The third-order valence-corrected chi connectivity index (χ3v) is 11.7. The first-order valence-corrected chi connectivity index (χ1v) is 18.0. The molecule has 2 bridgehead atoms. The molecule has 0 amide bonds. The lowest BCUT2D eigenvalue weighted by molar-refractivity contribution is 0.107. The quantitative estimate of drug-likeness (QED) is 0.198. The molecule has 0 saturated carbocycles. The minimum absolute atomic E-state index is 0.0284. The summed E-state index contributed by atoms with van der Waals surface area (Å²) in [4.78, 5) is 16.8. The van der Waals surface area contributed by atoms with Gasteiger partial charge in [-0.3, -0.25) is 14.5 Å². The third-order valence-electron chi connectivity index (χ3n) is 11.7. The zero-order valence-electron chi connectivity index (χ0n) is 28.8. The molecule has 4 aliphatic rings. The molecule has 2 unspecified atom stereocenters. The zero-order valence-corrected chi connectivity index (χ0v) is 28.8. The highest BCUT2D eigenvalue weighted by Gasteiger charge is 2.49. The van der Waals surface area contributed by atoms with Gasteiger partial charge in [0.25, 0.3) is 0 Å². The van der Waals surface area contributed by atoms with Gasteiger partial charge >= 0.3 is 6.01 Å². The van der Waals surface area contributed by atoms with Crippen molar-refractivity contribution in [1.82, 2.24) is 29.5 Å². The van der Waals surface area contributed by atoms with Crippen LogP contribution in [-0.4, -0.2) is 97.8 Å². The first-order valence-electron chi connectivity index (χ1n) is 18.0. The molecular formula is C39H40F3N7O2. The number of phenols is 1. The summed E-state index contributed by atoms with van der Waals surface area (Å²) in [7, 11) is 1.76. The second-order valence-electron chi connectivity index (χ2n) is 14.9. The summed E-state index contributed by atoms with van der Waals surface area (Å²) in [6, 6.07) is 5.99. The highest BCUT2D eigenvalue weighted by molar-refractivity contribution is 6.18. The van der Waals surface area contributed by atoms with E-state index in [1.54, 1.807) is 11.7 Å². The summed E-state index contributed by atoms with van der Waals surface area (Å²) in [5, 5.41) is 17.5. The average Bonchev–Trinajstić information content (AvgIpc) is 3.83. The van der Waals surface area contributed by atoms with Gasteiger partial charge in [0.05, 0.1) is 16.5 Å². The van der Waals surface area contributed by atoms with Crippen LogP contribution < -0.4 is 9.64 Å². The summed E-state index contributed by atoms with van der Waals surface area (Å²) in [6.45, 7) is 6.33. The predicted octanol–water partition coefficient (Wildman–Crippen LogP) is 6.32. The number of phenolic OH excluding ortho intramolecular Hbond substituents is 1. The Hall–Kier alpha value is -4.60. The van der Waals surface area contributed by atoms with E-state index in [-0.39, 0.29) is 52.7 Å². The van der Waals surface area contributed by atoms with Gasteiger partial charge in [-0.1, -0.05) is 18.9 Å². The fourth-order valence-electron chi connectivity index (χ4n) is 9.66. The minimum Gasteiger partial charge on any atom is -0.508 e. The molecular weight excluding hydrogens is 655 g/mol. The molecule has 9 rings (SSSR count). The van der Waals surface area contributed by atoms with Gasteiger partial charge in [-0.15, -0.1) is 6.42 Å². The van der Waals surface area contributed by atoms with Gasteiger partial charge in [0.2, 0.25) is 0 Å². The Labute approximate surface area is 294 Å². The molecule has 9 nitrogen and oxygen atoms in total. The van der Waals surface area contributed by atoms with Crippen molar-refractivity contribution >= 4 is 38.4 Å². The lowest BCUT2D eigenvalue weighted by atomic mass is 9.91. The number of nitrogens with zero attached hydrogens (tertiary/aromatic N) is 7. The van der Waals surface area contributed by atoms with Crippen LogP contribution in [0, 0.1) is 24.0 Å². The third kappa shape index (κ3) is 5.03. The fourth-order valence-corrected chi connectivity index (χ4v) is 9.66. The summed E-state index contributed by atoms with van der Waals surface area (Å²) >= 11 is 0. The van der Waals surface area contributed by atoms with Gasteiger partial charge in [-0.05, 0) is 74.3 Å². The van der Waals surface area contributed by atoms with Gasteiger partial charge in [0.1, 0.15) is 41.2 Å². The van der Waals surface area contributed by atoms with Gasteiger partial charge < -0.3 is 14.7 Å². The van der Waals surface area contributed by atoms with Crippen LogP contribution in [0.4, 0.5) is 19.0 Å². The van der Waals surface area contributed by atoms with Crippen molar-refractivity contribution in [2.45, 2.75) is 69.2 Å². The molecule has 5 aromatic rings. The van der Waals surface area contributed by atoms with E-state index in [1.807, 2.05) is 6.20 Å². The number of rotatable bonds is 7. The fraction of sp³-hybridized carbons (Fsp3) is 0.462. The normalized spacial score (nSPS) is 25.0. The van der Waals surface area contributed by atoms with Gasteiger partial charge in [-0.25, -0.2) is 13.2 Å². The van der Waals surface area contributed by atoms with Crippen LogP contribution in [0.1, 0.15) is 51.0 Å². The van der Waals surface area contributed by atoms with E-state index in [9.17, 15) is 9.50 Å². The zero-order chi connectivity index (χ0) is 35.2. The van der Waals surface area contributed by atoms with Crippen LogP contribution in [0.5, 0.6) is 11.8 Å². The minimum atomic E-state index is -0.925. The van der Waals surface area contributed by atoms with Gasteiger partial charge in [-0.2, -0.15) is 15.1 Å². The number of terminal acetylenes is 1. The number of likely N-dealkylation sites (tertiary alicyclic amines) is 1. The average molecular weight is 696 g/mol. The molecule has 264 valence electrons. The number of fused-ring (bicyclic) bond motifs is 7. The highest BCUT2D eigenvalue weighted by atomic mass is 19.1. The number of alkyl halides is 1. The van der Waals surface area contributed by atoms with E-state index in [0.717, 1.165) is 58.3 Å². The van der Waals surface area contributed by atoms with Crippen LogP contribution in [-0.2, 0) is 7.05 Å². The summed E-state index contributed by atoms with van der Waals surface area (Å²) in [5.74, 6) is 1.57. The number of benzene rings is 3. The van der Waals surface area contributed by atoms with Crippen LogP contribution in [0.3, 0.4) is 0 Å². The molecule has 6 heterocycles. The van der Waals surface area contributed by atoms with E-state index in [1.165, 1.54) is 24.3 Å². The molecule has 51 heavy (non-hydrogen) atoms. The number of piperazine rings is 1. The predicted molar refractivity (Wildman–Crippen MR) is 191 cm³/mol. The number of aromatic nitrogens is 4. The monoisotopic (exact) mass is 695 g/mol. The Balaban J connectivity index is 1.29.